The molecule has 0 bridgehead atoms. The molecule has 0 spiro atoms. The summed E-state index contributed by atoms with van der Waals surface area (Å²) in [6, 6.07) is 2.08. The Hall–Kier alpha value is -1.44. The van der Waals surface area contributed by atoms with E-state index in [-0.39, 0.29) is 0 Å². The van der Waals surface area contributed by atoms with Crippen LogP contribution in [0.5, 0.6) is 0 Å². The second kappa shape index (κ2) is 7.90. The van der Waals surface area contributed by atoms with Crippen molar-refractivity contribution >= 4 is 33.3 Å². The second-order valence-corrected chi connectivity index (χ2v) is 6.77. The molecular formula is C16H25N5OS. The summed E-state index contributed by atoms with van der Waals surface area (Å²) in [5.74, 6) is 1.86. The van der Waals surface area contributed by atoms with Gasteiger partial charge in [-0.2, -0.15) is 4.98 Å². The lowest BCUT2D eigenvalue weighted by molar-refractivity contribution is 0.122. The van der Waals surface area contributed by atoms with E-state index in [0.717, 1.165) is 75.9 Å². The van der Waals surface area contributed by atoms with E-state index < -0.39 is 0 Å². The number of nitrogens with two attached hydrogens (primary N) is 1. The first-order valence-electron chi connectivity index (χ1n) is 8.28. The van der Waals surface area contributed by atoms with Gasteiger partial charge in [-0.3, -0.25) is 0 Å². The summed E-state index contributed by atoms with van der Waals surface area (Å²) in [6.45, 7) is 5.04. The summed E-state index contributed by atoms with van der Waals surface area (Å²) in [5.41, 5.74) is 6.59. The molecule has 3 heterocycles. The number of anilines is 2. The number of thiophene rings is 1. The van der Waals surface area contributed by atoms with Crippen molar-refractivity contribution in [2.75, 3.05) is 56.2 Å². The summed E-state index contributed by atoms with van der Waals surface area (Å²) in [7, 11) is 2.07. The number of fused-ring (bicyclic) bond motifs is 1. The van der Waals surface area contributed by atoms with Crippen molar-refractivity contribution in [3.05, 3.63) is 11.4 Å². The van der Waals surface area contributed by atoms with Gasteiger partial charge in [0.2, 0.25) is 5.95 Å². The molecule has 1 saturated heterocycles. The van der Waals surface area contributed by atoms with Crippen molar-refractivity contribution in [1.82, 2.24) is 9.97 Å². The van der Waals surface area contributed by atoms with Crippen LogP contribution in [0, 0.1) is 0 Å². The number of nitrogens with zero attached hydrogens (tertiary/aromatic N) is 4. The summed E-state index contributed by atoms with van der Waals surface area (Å²) in [4.78, 5) is 14.1. The van der Waals surface area contributed by atoms with Gasteiger partial charge in [0, 0.05) is 26.7 Å². The number of aromatic nitrogens is 2. The molecule has 0 amide bonds. The molecule has 3 rings (SSSR count). The normalized spacial score (nSPS) is 15.3. The van der Waals surface area contributed by atoms with Crippen LogP contribution in [0.3, 0.4) is 0 Å². The van der Waals surface area contributed by atoms with E-state index in [1.165, 1.54) is 4.70 Å². The molecule has 0 aliphatic carbocycles. The van der Waals surface area contributed by atoms with Gasteiger partial charge in [-0.1, -0.05) is 6.42 Å². The van der Waals surface area contributed by atoms with Crippen LogP contribution in [0.25, 0.3) is 10.2 Å². The Kier molecular flexibility index (Phi) is 5.64. The molecular weight excluding hydrogens is 310 g/mol. The first-order valence-corrected chi connectivity index (χ1v) is 9.16. The highest BCUT2D eigenvalue weighted by atomic mass is 32.1. The second-order valence-electron chi connectivity index (χ2n) is 5.85. The molecule has 1 aliphatic heterocycles. The van der Waals surface area contributed by atoms with Crippen LogP contribution in [0.15, 0.2) is 11.4 Å². The molecule has 2 aromatic heterocycles. The molecule has 0 atom stereocenters. The fourth-order valence-electron chi connectivity index (χ4n) is 2.77. The number of ether oxygens (including phenoxy) is 1. The minimum atomic E-state index is 0.765. The minimum Gasteiger partial charge on any atom is -0.378 e. The maximum absolute atomic E-state index is 5.56. The summed E-state index contributed by atoms with van der Waals surface area (Å²) in [6.07, 6.45) is 3.35. The molecule has 23 heavy (non-hydrogen) atoms. The van der Waals surface area contributed by atoms with Crippen molar-refractivity contribution in [2.24, 2.45) is 5.73 Å². The van der Waals surface area contributed by atoms with Crippen LogP contribution in [-0.4, -0.2) is 56.4 Å². The molecule has 1 aliphatic rings. The van der Waals surface area contributed by atoms with E-state index in [2.05, 4.69) is 28.3 Å². The van der Waals surface area contributed by atoms with Gasteiger partial charge in [0.15, 0.2) is 5.82 Å². The molecule has 2 N–H and O–H groups in total. The summed E-state index contributed by atoms with van der Waals surface area (Å²) in [5, 5.41) is 2.09. The Morgan fingerprint density at radius 3 is 2.87 bits per heavy atom. The minimum absolute atomic E-state index is 0.765. The Labute approximate surface area is 141 Å². The van der Waals surface area contributed by atoms with Crippen LogP contribution in [0.1, 0.15) is 19.3 Å². The SMILES string of the molecule is CN(CCCCCN)c1nc(N2CCOCC2)c2sccc2n1. The Morgan fingerprint density at radius 2 is 2.09 bits per heavy atom. The van der Waals surface area contributed by atoms with Gasteiger partial charge in [-0.25, -0.2) is 4.98 Å². The molecule has 7 heteroatoms. The lowest BCUT2D eigenvalue weighted by Crippen LogP contribution is -2.37. The van der Waals surface area contributed by atoms with E-state index in [9.17, 15) is 0 Å². The molecule has 0 aromatic carbocycles. The predicted octanol–water partition coefficient (Wildman–Crippen LogP) is 2.09. The maximum Gasteiger partial charge on any atom is 0.227 e. The zero-order valence-corrected chi connectivity index (χ0v) is 14.5. The topological polar surface area (TPSA) is 67.5 Å². The highest BCUT2D eigenvalue weighted by Gasteiger charge is 2.19. The van der Waals surface area contributed by atoms with Crippen LogP contribution < -0.4 is 15.5 Å². The lowest BCUT2D eigenvalue weighted by atomic mass is 10.2. The molecule has 6 nitrogen and oxygen atoms in total. The highest BCUT2D eigenvalue weighted by Crippen LogP contribution is 2.31. The largest absolute Gasteiger partial charge is 0.378 e. The van der Waals surface area contributed by atoms with E-state index in [1.54, 1.807) is 11.3 Å². The van der Waals surface area contributed by atoms with E-state index in [1.807, 2.05) is 0 Å². The third kappa shape index (κ3) is 3.91. The first-order chi connectivity index (χ1) is 11.3. The number of morpholine rings is 1. The molecule has 0 saturated carbocycles. The van der Waals surface area contributed by atoms with Gasteiger partial charge in [0.1, 0.15) is 0 Å². The Balaban J connectivity index is 1.80. The highest BCUT2D eigenvalue weighted by molar-refractivity contribution is 7.17. The first kappa shape index (κ1) is 16.4. The lowest BCUT2D eigenvalue weighted by Gasteiger charge is -2.29. The quantitative estimate of drug-likeness (QED) is 0.782. The van der Waals surface area contributed by atoms with Gasteiger partial charge in [0.05, 0.1) is 23.4 Å². The summed E-state index contributed by atoms with van der Waals surface area (Å²) >= 11 is 1.71. The van der Waals surface area contributed by atoms with Gasteiger partial charge in [0.25, 0.3) is 0 Å². The van der Waals surface area contributed by atoms with Crippen molar-refractivity contribution in [3.8, 4) is 0 Å². The van der Waals surface area contributed by atoms with Gasteiger partial charge >= 0.3 is 0 Å². The number of unbranched alkanes of at least 4 members (excludes halogenated alkanes) is 2. The predicted molar refractivity (Wildman–Crippen MR) is 96.6 cm³/mol. The van der Waals surface area contributed by atoms with Crippen LogP contribution in [0.2, 0.25) is 0 Å². The number of hydrogen-bond donors (Lipinski definition) is 1. The fraction of sp³-hybridized carbons (Fsp3) is 0.625. The standard InChI is InChI=1S/C16H25N5OS/c1-20(7-4-2-3-6-17)16-18-13-5-12-23-14(13)15(19-16)21-8-10-22-11-9-21/h5,12H,2-4,6-11,17H2,1H3. The van der Waals surface area contributed by atoms with Crippen molar-refractivity contribution in [1.29, 1.82) is 0 Å². The molecule has 126 valence electrons. The molecule has 1 fully saturated rings. The number of hydrogen-bond acceptors (Lipinski definition) is 7. The zero-order chi connectivity index (χ0) is 16.1. The van der Waals surface area contributed by atoms with Gasteiger partial charge in [-0.15, -0.1) is 11.3 Å². The van der Waals surface area contributed by atoms with E-state index in [0.29, 0.717) is 0 Å². The van der Waals surface area contributed by atoms with Gasteiger partial charge in [-0.05, 0) is 30.8 Å². The van der Waals surface area contributed by atoms with Crippen molar-refractivity contribution in [2.45, 2.75) is 19.3 Å². The summed E-state index contributed by atoms with van der Waals surface area (Å²) < 4.78 is 6.64. The van der Waals surface area contributed by atoms with Crippen LogP contribution in [-0.2, 0) is 4.74 Å². The number of rotatable bonds is 7. The molecule has 0 unspecified atom stereocenters. The third-order valence-electron chi connectivity index (χ3n) is 4.12. The van der Waals surface area contributed by atoms with E-state index >= 15 is 0 Å². The average Bonchev–Trinajstić information content (AvgIpc) is 3.07. The maximum atomic E-state index is 5.56. The smallest absolute Gasteiger partial charge is 0.227 e. The molecule has 0 radical (unpaired) electrons. The van der Waals surface area contributed by atoms with E-state index in [4.69, 9.17) is 20.4 Å². The average molecular weight is 335 g/mol. The zero-order valence-electron chi connectivity index (χ0n) is 13.7. The van der Waals surface area contributed by atoms with Crippen LogP contribution >= 0.6 is 11.3 Å². The monoisotopic (exact) mass is 335 g/mol. The fourth-order valence-corrected chi connectivity index (χ4v) is 3.61. The van der Waals surface area contributed by atoms with Crippen LogP contribution in [0.4, 0.5) is 11.8 Å². The Morgan fingerprint density at radius 1 is 1.26 bits per heavy atom. The Bertz CT molecular complexity index is 626. The molecule has 2 aromatic rings. The van der Waals surface area contributed by atoms with Gasteiger partial charge < -0.3 is 20.3 Å². The van der Waals surface area contributed by atoms with Crippen molar-refractivity contribution in [3.63, 3.8) is 0 Å². The van der Waals surface area contributed by atoms with Crippen molar-refractivity contribution < 1.29 is 4.74 Å². The third-order valence-corrected chi connectivity index (χ3v) is 5.02.